The van der Waals surface area contributed by atoms with Crippen LogP contribution in [0, 0.1) is 0 Å². The topological polar surface area (TPSA) is 72.9 Å². The van der Waals surface area contributed by atoms with E-state index in [1.807, 2.05) is 0 Å². The van der Waals surface area contributed by atoms with Crippen LogP contribution in [0.1, 0.15) is 12.5 Å². The summed E-state index contributed by atoms with van der Waals surface area (Å²) >= 11 is 4.25. The highest BCUT2D eigenvalue weighted by molar-refractivity contribution is 9.10. The number of hydrogen-bond acceptors (Lipinski definition) is 6. The van der Waals surface area contributed by atoms with Gasteiger partial charge in [0.05, 0.1) is 16.0 Å². The number of thioether (sulfide) groups is 1. The van der Waals surface area contributed by atoms with Crippen LogP contribution in [0.2, 0.25) is 0 Å². The third kappa shape index (κ3) is 4.96. The number of ether oxygens (including phenoxy) is 2. The Morgan fingerprint density at radius 3 is 2.80 bits per heavy atom. The lowest BCUT2D eigenvalue weighted by Gasteiger charge is -2.09. The molecule has 25 heavy (non-hydrogen) atoms. The summed E-state index contributed by atoms with van der Waals surface area (Å²) in [5.41, 5.74) is 0.722. The van der Waals surface area contributed by atoms with E-state index in [0.29, 0.717) is 21.7 Å². The van der Waals surface area contributed by atoms with Crippen LogP contribution in [0.5, 0.6) is 5.75 Å². The molecule has 1 aromatic carbocycles. The van der Waals surface area contributed by atoms with Gasteiger partial charge < -0.3 is 9.47 Å². The van der Waals surface area contributed by atoms with Gasteiger partial charge in [-0.15, -0.1) is 6.58 Å². The third-order valence-corrected chi connectivity index (χ3v) is 4.62. The molecule has 132 valence electrons. The molecule has 1 aliphatic rings. The summed E-state index contributed by atoms with van der Waals surface area (Å²) in [6.45, 7) is 5.55. The number of carbonyl (C=O) groups excluding carboxylic acids is 3. The van der Waals surface area contributed by atoms with Gasteiger partial charge in [-0.1, -0.05) is 12.1 Å². The van der Waals surface area contributed by atoms with Crippen LogP contribution in [-0.4, -0.2) is 41.8 Å². The summed E-state index contributed by atoms with van der Waals surface area (Å²) < 4.78 is 10.8. The van der Waals surface area contributed by atoms with Crippen molar-refractivity contribution in [2.45, 2.75) is 6.92 Å². The van der Waals surface area contributed by atoms with Gasteiger partial charge in [-0.05, 0) is 58.4 Å². The molecule has 1 aliphatic heterocycles. The number of amides is 2. The molecule has 0 bridgehead atoms. The molecule has 1 saturated heterocycles. The molecule has 1 aromatic rings. The number of hydrogen-bond donors (Lipinski definition) is 0. The molecule has 1 heterocycles. The molecular weight excluding hydrogens is 410 g/mol. The number of imide groups is 1. The second-order valence-corrected chi connectivity index (χ2v) is 6.71. The van der Waals surface area contributed by atoms with Crippen LogP contribution in [0.4, 0.5) is 4.79 Å². The molecule has 2 rings (SSSR count). The van der Waals surface area contributed by atoms with Crippen molar-refractivity contribution in [3.8, 4) is 5.75 Å². The van der Waals surface area contributed by atoms with Crippen molar-refractivity contribution in [1.29, 1.82) is 0 Å². The fourth-order valence-electron chi connectivity index (χ4n) is 2.00. The number of esters is 1. The van der Waals surface area contributed by atoms with E-state index in [1.165, 1.54) is 6.08 Å². The Balaban J connectivity index is 2.10. The Hall–Kier alpha value is -2.06. The maximum absolute atomic E-state index is 12.2. The maximum Gasteiger partial charge on any atom is 0.344 e. The highest BCUT2D eigenvalue weighted by Gasteiger charge is 2.34. The van der Waals surface area contributed by atoms with Crippen molar-refractivity contribution < 1.29 is 23.9 Å². The van der Waals surface area contributed by atoms with Gasteiger partial charge in [-0.25, -0.2) is 4.79 Å². The highest BCUT2D eigenvalue weighted by Crippen LogP contribution is 2.33. The molecule has 0 saturated carbocycles. The van der Waals surface area contributed by atoms with E-state index in [9.17, 15) is 14.4 Å². The Kier molecular flexibility index (Phi) is 6.83. The Labute approximate surface area is 158 Å². The van der Waals surface area contributed by atoms with Gasteiger partial charge in [-0.2, -0.15) is 0 Å². The van der Waals surface area contributed by atoms with E-state index >= 15 is 0 Å². The largest absolute Gasteiger partial charge is 0.481 e. The maximum atomic E-state index is 12.2. The summed E-state index contributed by atoms with van der Waals surface area (Å²) in [7, 11) is 0. The van der Waals surface area contributed by atoms with Crippen LogP contribution >= 0.6 is 27.7 Å². The molecule has 6 nitrogen and oxygen atoms in total. The second kappa shape index (κ2) is 8.87. The van der Waals surface area contributed by atoms with E-state index in [0.717, 1.165) is 22.2 Å². The van der Waals surface area contributed by atoms with Gasteiger partial charge in [0.15, 0.2) is 6.61 Å². The van der Waals surface area contributed by atoms with E-state index in [-0.39, 0.29) is 24.3 Å². The van der Waals surface area contributed by atoms with Gasteiger partial charge in [0.1, 0.15) is 5.75 Å². The first kappa shape index (κ1) is 19.3. The second-order valence-electron chi connectivity index (χ2n) is 4.86. The third-order valence-electron chi connectivity index (χ3n) is 3.09. The van der Waals surface area contributed by atoms with Gasteiger partial charge in [-0.3, -0.25) is 14.5 Å². The molecule has 0 unspecified atom stereocenters. The molecule has 2 amide bonds. The molecular formula is C17H16BrNO5S. The van der Waals surface area contributed by atoms with Crippen LogP contribution in [0.25, 0.3) is 6.08 Å². The standard InChI is InChI=1S/C17H16BrNO5S/c1-3-7-19-16(21)14(25-17(19)22)9-11-5-6-13(12(18)8-11)24-10-15(20)23-4-2/h3,5-6,8-9H,1,4,7,10H2,2H3/b14-9+. The molecule has 0 aromatic heterocycles. The average Bonchev–Trinajstić information content (AvgIpc) is 2.82. The quantitative estimate of drug-likeness (QED) is 0.377. The zero-order chi connectivity index (χ0) is 18.4. The summed E-state index contributed by atoms with van der Waals surface area (Å²) in [5, 5.41) is -0.315. The summed E-state index contributed by atoms with van der Waals surface area (Å²) in [4.78, 5) is 36.8. The zero-order valence-electron chi connectivity index (χ0n) is 13.5. The molecule has 0 N–H and O–H groups in total. The molecule has 0 aliphatic carbocycles. The van der Waals surface area contributed by atoms with E-state index in [4.69, 9.17) is 9.47 Å². The smallest absolute Gasteiger partial charge is 0.344 e. The van der Waals surface area contributed by atoms with Crippen LogP contribution < -0.4 is 4.74 Å². The lowest BCUT2D eigenvalue weighted by molar-refractivity contribution is -0.145. The number of halogens is 1. The van der Waals surface area contributed by atoms with Gasteiger partial charge in [0.25, 0.3) is 11.1 Å². The highest BCUT2D eigenvalue weighted by atomic mass is 79.9. The molecule has 0 radical (unpaired) electrons. The lowest BCUT2D eigenvalue weighted by Crippen LogP contribution is -2.27. The lowest BCUT2D eigenvalue weighted by atomic mass is 10.2. The Bertz CT molecular complexity index is 747. The number of benzene rings is 1. The van der Waals surface area contributed by atoms with Crippen molar-refractivity contribution in [2.24, 2.45) is 0 Å². The molecule has 8 heteroatoms. The number of carbonyl (C=O) groups is 3. The van der Waals surface area contributed by atoms with Gasteiger partial charge in [0.2, 0.25) is 0 Å². The van der Waals surface area contributed by atoms with Crippen molar-refractivity contribution >= 4 is 50.9 Å². The average molecular weight is 426 g/mol. The monoisotopic (exact) mass is 425 g/mol. The van der Waals surface area contributed by atoms with Crippen molar-refractivity contribution in [1.82, 2.24) is 4.90 Å². The molecule has 0 atom stereocenters. The van der Waals surface area contributed by atoms with E-state index < -0.39 is 5.97 Å². The van der Waals surface area contributed by atoms with E-state index in [1.54, 1.807) is 31.2 Å². The number of rotatable bonds is 7. The first-order valence-electron chi connectivity index (χ1n) is 7.40. The fraction of sp³-hybridized carbons (Fsp3) is 0.235. The number of nitrogens with zero attached hydrogens (tertiary/aromatic N) is 1. The van der Waals surface area contributed by atoms with Crippen molar-refractivity contribution in [3.63, 3.8) is 0 Å². The minimum Gasteiger partial charge on any atom is -0.481 e. The normalized spacial score (nSPS) is 15.6. The van der Waals surface area contributed by atoms with Gasteiger partial charge in [0, 0.05) is 6.54 Å². The minimum absolute atomic E-state index is 0.187. The Morgan fingerprint density at radius 2 is 2.16 bits per heavy atom. The Morgan fingerprint density at radius 1 is 1.40 bits per heavy atom. The van der Waals surface area contributed by atoms with E-state index in [2.05, 4.69) is 22.5 Å². The first-order chi connectivity index (χ1) is 12.0. The van der Waals surface area contributed by atoms with Crippen LogP contribution in [0.15, 0.2) is 40.2 Å². The van der Waals surface area contributed by atoms with Gasteiger partial charge >= 0.3 is 5.97 Å². The predicted molar refractivity (Wildman–Crippen MR) is 99.1 cm³/mol. The molecule has 1 fully saturated rings. The van der Waals surface area contributed by atoms with Crippen molar-refractivity contribution in [3.05, 3.63) is 45.8 Å². The minimum atomic E-state index is -0.450. The summed E-state index contributed by atoms with van der Waals surface area (Å²) in [6.07, 6.45) is 3.14. The van der Waals surface area contributed by atoms with Crippen LogP contribution in [0.3, 0.4) is 0 Å². The zero-order valence-corrected chi connectivity index (χ0v) is 15.9. The SMILES string of the molecule is C=CCN1C(=O)S/C(=C/c2ccc(OCC(=O)OCC)c(Br)c2)C1=O. The predicted octanol–water partition coefficient (Wildman–Crippen LogP) is 3.61. The molecule has 0 spiro atoms. The summed E-state index contributed by atoms with van der Waals surface area (Å²) in [6, 6.07) is 5.14. The fourth-order valence-corrected chi connectivity index (χ4v) is 3.36. The summed E-state index contributed by atoms with van der Waals surface area (Å²) in [5.74, 6) is -0.312. The first-order valence-corrected chi connectivity index (χ1v) is 9.01. The van der Waals surface area contributed by atoms with Crippen LogP contribution in [-0.2, 0) is 14.3 Å². The van der Waals surface area contributed by atoms with Crippen molar-refractivity contribution in [2.75, 3.05) is 19.8 Å².